The van der Waals surface area contributed by atoms with Gasteiger partial charge < -0.3 is 10.1 Å². The minimum atomic E-state index is -0.419. The molecule has 1 atom stereocenters. The minimum Gasteiger partial charge on any atom is -0.481 e. The van der Waals surface area contributed by atoms with Gasteiger partial charge in [0.15, 0.2) is 6.10 Å². The molecule has 0 fully saturated rings. The van der Waals surface area contributed by atoms with Crippen LogP contribution in [0.25, 0.3) is 0 Å². The van der Waals surface area contributed by atoms with Crippen LogP contribution < -0.4 is 10.1 Å². The van der Waals surface area contributed by atoms with Gasteiger partial charge in [0.2, 0.25) is 0 Å². The lowest BCUT2D eigenvalue weighted by atomic mass is 9.97. The second kappa shape index (κ2) is 8.76. The van der Waals surface area contributed by atoms with Crippen LogP contribution in [0.5, 0.6) is 5.75 Å². The average Bonchev–Trinajstić information content (AvgIpc) is 2.56. The van der Waals surface area contributed by atoms with E-state index in [1.54, 1.807) is 0 Å². The summed E-state index contributed by atoms with van der Waals surface area (Å²) in [6, 6.07) is 5.97. The monoisotopic (exact) mass is 315 g/mol. The molecule has 1 N–H and O–H groups in total. The van der Waals surface area contributed by atoms with Gasteiger partial charge in [-0.2, -0.15) is 0 Å². The van der Waals surface area contributed by atoms with Crippen molar-refractivity contribution < 1.29 is 9.53 Å². The molecule has 0 unspecified atom stereocenters. The molecule has 0 spiro atoms. The van der Waals surface area contributed by atoms with Crippen LogP contribution in [0.1, 0.15) is 56.6 Å². The number of ether oxygens (including phenoxy) is 1. The van der Waals surface area contributed by atoms with E-state index in [9.17, 15) is 4.79 Å². The van der Waals surface area contributed by atoms with E-state index in [-0.39, 0.29) is 5.91 Å². The topological polar surface area (TPSA) is 38.3 Å². The lowest BCUT2D eigenvalue weighted by molar-refractivity contribution is -0.128. The standard InChI is InChI=1S/C20H29NO2/c1-4-19(23-18-11-10-15(2)16(3)14-18)20(22)21-13-12-17-8-6-5-7-9-17/h8,10-11,14,19H,4-7,9,12-13H2,1-3H3,(H,21,22)/t19-/m1/s1. The smallest absolute Gasteiger partial charge is 0.261 e. The first-order valence-corrected chi connectivity index (χ1v) is 8.79. The van der Waals surface area contributed by atoms with Crippen molar-refractivity contribution in [2.75, 3.05) is 6.54 Å². The molecule has 0 saturated heterocycles. The van der Waals surface area contributed by atoms with E-state index in [0.717, 1.165) is 12.2 Å². The third kappa shape index (κ3) is 5.42. The van der Waals surface area contributed by atoms with E-state index >= 15 is 0 Å². The molecule has 1 aliphatic rings. The molecule has 126 valence electrons. The molecular weight excluding hydrogens is 286 g/mol. The number of hydrogen-bond acceptors (Lipinski definition) is 2. The zero-order valence-corrected chi connectivity index (χ0v) is 14.7. The first-order valence-electron chi connectivity index (χ1n) is 8.79. The minimum absolute atomic E-state index is 0.0119. The Morgan fingerprint density at radius 1 is 1.26 bits per heavy atom. The van der Waals surface area contributed by atoms with Gasteiger partial charge in [-0.1, -0.05) is 24.6 Å². The maximum atomic E-state index is 12.3. The van der Waals surface area contributed by atoms with Gasteiger partial charge in [-0.25, -0.2) is 0 Å². The summed E-state index contributed by atoms with van der Waals surface area (Å²) in [4.78, 5) is 12.3. The van der Waals surface area contributed by atoms with E-state index in [2.05, 4.69) is 25.2 Å². The number of rotatable bonds is 7. The fourth-order valence-corrected chi connectivity index (χ4v) is 2.87. The first-order chi connectivity index (χ1) is 11.1. The quantitative estimate of drug-likeness (QED) is 0.754. The summed E-state index contributed by atoms with van der Waals surface area (Å²) in [5, 5.41) is 3.02. The van der Waals surface area contributed by atoms with E-state index in [4.69, 9.17) is 4.74 Å². The molecule has 1 aromatic rings. The molecule has 2 rings (SSSR count). The SMILES string of the molecule is CC[C@@H](Oc1ccc(C)c(C)c1)C(=O)NCCC1=CCCCC1. The Balaban J connectivity index is 1.82. The normalized spacial score (nSPS) is 15.7. The molecule has 1 amide bonds. The summed E-state index contributed by atoms with van der Waals surface area (Å²) in [6.45, 7) is 6.82. The zero-order chi connectivity index (χ0) is 16.7. The van der Waals surface area contributed by atoms with Crippen molar-refractivity contribution in [3.63, 3.8) is 0 Å². The van der Waals surface area contributed by atoms with Gasteiger partial charge in [0.1, 0.15) is 5.75 Å². The number of hydrogen-bond donors (Lipinski definition) is 1. The van der Waals surface area contributed by atoms with Crippen LogP contribution in [-0.4, -0.2) is 18.6 Å². The molecule has 23 heavy (non-hydrogen) atoms. The highest BCUT2D eigenvalue weighted by atomic mass is 16.5. The Labute approximate surface area is 140 Å². The van der Waals surface area contributed by atoms with Gasteiger partial charge in [0.25, 0.3) is 5.91 Å². The Hall–Kier alpha value is -1.77. The van der Waals surface area contributed by atoms with Crippen LogP contribution in [0.4, 0.5) is 0 Å². The summed E-state index contributed by atoms with van der Waals surface area (Å²) >= 11 is 0. The third-order valence-corrected chi connectivity index (χ3v) is 4.55. The van der Waals surface area contributed by atoms with Crippen molar-refractivity contribution in [1.82, 2.24) is 5.32 Å². The highest BCUT2D eigenvalue weighted by Gasteiger charge is 2.18. The predicted octanol–water partition coefficient (Wildman–Crippen LogP) is 4.47. The molecule has 3 heteroatoms. The lowest BCUT2D eigenvalue weighted by Gasteiger charge is -2.19. The van der Waals surface area contributed by atoms with Crippen LogP contribution in [-0.2, 0) is 4.79 Å². The summed E-state index contributed by atoms with van der Waals surface area (Å²) in [5.74, 6) is 0.757. The van der Waals surface area contributed by atoms with Crippen molar-refractivity contribution >= 4 is 5.91 Å². The van der Waals surface area contributed by atoms with Crippen molar-refractivity contribution in [1.29, 1.82) is 0 Å². The highest BCUT2D eigenvalue weighted by molar-refractivity contribution is 5.81. The number of nitrogens with one attached hydrogen (secondary N) is 1. The lowest BCUT2D eigenvalue weighted by Crippen LogP contribution is -2.38. The molecule has 0 aromatic heterocycles. The molecule has 0 saturated carbocycles. The molecule has 0 aliphatic heterocycles. The fourth-order valence-electron chi connectivity index (χ4n) is 2.87. The largest absolute Gasteiger partial charge is 0.481 e. The van der Waals surface area contributed by atoms with E-state index < -0.39 is 6.10 Å². The first kappa shape index (κ1) is 17.6. The number of allylic oxidation sites excluding steroid dienone is 1. The Morgan fingerprint density at radius 3 is 2.74 bits per heavy atom. The molecule has 0 bridgehead atoms. The van der Waals surface area contributed by atoms with Gasteiger partial charge in [0, 0.05) is 6.54 Å². The number of benzene rings is 1. The van der Waals surface area contributed by atoms with E-state index in [1.807, 2.05) is 25.1 Å². The molecular formula is C20H29NO2. The van der Waals surface area contributed by atoms with Gasteiger partial charge >= 0.3 is 0 Å². The van der Waals surface area contributed by atoms with E-state index in [1.165, 1.54) is 42.4 Å². The molecule has 1 aromatic carbocycles. The van der Waals surface area contributed by atoms with Crippen LogP contribution in [0.2, 0.25) is 0 Å². The van der Waals surface area contributed by atoms with Crippen LogP contribution in [0.3, 0.4) is 0 Å². The van der Waals surface area contributed by atoms with Crippen molar-refractivity contribution in [2.45, 2.75) is 65.4 Å². The number of carbonyl (C=O) groups excluding carboxylic acids is 1. The highest BCUT2D eigenvalue weighted by Crippen LogP contribution is 2.20. The summed E-state index contributed by atoms with van der Waals surface area (Å²) in [5.41, 5.74) is 3.90. The Bertz CT molecular complexity index is 563. The van der Waals surface area contributed by atoms with Crippen LogP contribution in [0, 0.1) is 13.8 Å². The predicted molar refractivity (Wildman–Crippen MR) is 94.8 cm³/mol. The van der Waals surface area contributed by atoms with Gasteiger partial charge in [0.05, 0.1) is 0 Å². The number of carbonyl (C=O) groups is 1. The van der Waals surface area contributed by atoms with Crippen molar-refractivity contribution in [2.24, 2.45) is 0 Å². The van der Waals surface area contributed by atoms with Crippen molar-refractivity contribution in [3.8, 4) is 5.75 Å². The maximum absolute atomic E-state index is 12.3. The maximum Gasteiger partial charge on any atom is 0.261 e. The second-order valence-corrected chi connectivity index (χ2v) is 6.41. The van der Waals surface area contributed by atoms with Gasteiger partial charge in [-0.3, -0.25) is 4.79 Å². The summed E-state index contributed by atoms with van der Waals surface area (Å²) < 4.78 is 5.88. The fraction of sp³-hybridized carbons (Fsp3) is 0.550. The summed E-state index contributed by atoms with van der Waals surface area (Å²) in [6.07, 6.45) is 8.51. The zero-order valence-electron chi connectivity index (χ0n) is 14.7. The molecule has 3 nitrogen and oxygen atoms in total. The molecule has 1 aliphatic carbocycles. The molecule has 0 radical (unpaired) electrons. The summed E-state index contributed by atoms with van der Waals surface area (Å²) in [7, 11) is 0. The van der Waals surface area contributed by atoms with Gasteiger partial charge in [-0.15, -0.1) is 0 Å². The van der Waals surface area contributed by atoms with E-state index in [0.29, 0.717) is 13.0 Å². The average molecular weight is 315 g/mol. The third-order valence-electron chi connectivity index (χ3n) is 4.55. The van der Waals surface area contributed by atoms with Gasteiger partial charge in [-0.05, 0) is 75.6 Å². The Kier molecular flexibility index (Phi) is 6.69. The van der Waals surface area contributed by atoms with Crippen molar-refractivity contribution in [3.05, 3.63) is 41.0 Å². The molecule has 0 heterocycles. The van der Waals surface area contributed by atoms with Crippen LogP contribution in [0.15, 0.2) is 29.8 Å². The number of aryl methyl sites for hydroxylation is 2. The van der Waals surface area contributed by atoms with Crippen LogP contribution >= 0.6 is 0 Å². The Morgan fingerprint density at radius 2 is 2.09 bits per heavy atom. The number of amides is 1. The second-order valence-electron chi connectivity index (χ2n) is 6.41.